The predicted octanol–water partition coefficient (Wildman–Crippen LogP) is 2.85. The zero-order valence-corrected chi connectivity index (χ0v) is 12.3. The maximum Gasteiger partial charge on any atom is 0.271 e. The third kappa shape index (κ3) is 2.80. The van der Waals surface area contributed by atoms with Gasteiger partial charge in [-0.25, -0.2) is 9.37 Å². The maximum absolute atomic E-state index is 12.8. The van der Waals surface area contributed by atoms with E-state index in [-0.39, 0.29) is 11.7 Å². The van der Waals surface area contributed by atoms with Crippen molar-refractivity contribution in [3.8, 4) is 0 Å². The Hall–Kier alpha value is -2.21. The van der Waals surface area contributed by atoms with Crippen molar-refractivity contribution in [2.24, 2.45) is 0 Å². The van der Waals surface area contributed by atoms with E-state index >= 15 is 0 Å². The number of fused-ring (bicyclic) bond motifs is 1. The van der Waals surface area contributed by atoms with Gasteiger partial charge in [-0.3, -0.25) is 9.20 Å². The molecule has 0 bridgehead atoms. The van der Waals surface area contributed by atoms with Crippen molar-refractivity contribution in [2.75, 3.05) is 13.6 Å². The molecule has 21 heavy (non-hydrogen) atoms. The third-order valence-corrected chi connectivity index (χ3v) is 4.26. The summed E-state index contributed by atoms with van der Waals surface area (Å²) in [5, 5.41) is 1.84. The molecule has 0 aliphatic heterocycles. The summed E-state index contributed by atoms with van der Waals surface area (Å²) < 4.78 is 14.6. The molecule has 0 saturated carbocycles. The van der Waals surface area contributed by atoms with Crippen LogP contribution in [0.4, 0.5) is 4.39 Å². The van der Waals surface area contributed by atoms with Gasteiger partial charge < -0.3 is 4.90 Å². The molecule has 1 amide bonds. The highest BCUT2D eigenvalue weighted by atomic mass is 32.1. The van der Waals surface area contributed by atoms with Crippen LogP contribution in [0.3, 0.4) is 0 Å². The number of rotatable bonds is 4. The molecular weight excluding hydrogens is 289 g/mol. The average Bonchev–Trinajstić information content (AvgIpc) is 3.08. The van der Waals surface area contributed by atoms with E-state index in [0.29, 0.717) is 18.7 Å². The molecule has 4 nitrogen and oxygen atoms in total. The fourth-order valence-electron chi connectivity index (χ4n) is 2.12. The lowest BCUT2D eigenvalue weighted by molar-refractivity contribution is 0.0790. The van der Waals surface area contributed by atoms with Crippen molar-refractivity contribution in [1.29, 1.82) is 0 Å². The minimum Gasteiger partial charge on any atom is -0.340 e. The van der Waals surface area contributed by atoms with Gasteiger partial charge in [-0.1, -0.05) is 12.1 Å². The monoisotopic (exact) mass is 303 g/mol. The zero-order valence-electron chi connectivity index (χ0n) is 11.5. The van der Waals surface area contributed by atoms with Gasteiger partial charge in [-0.05, 0) is 24.1 Å². The number of nitrogens with zero attached hydrogens (tertiary/aromatic N) is 3. The molecule has 0 N–H and O–H groups in total. The first-order valence-electron chi connectivity index (χ1n) is 6.54. The molecule has 0 unspecified atom stereocenters. The summed E-state index contributed by atoms with van der Waals surface area (Å²) >= 11 is 1.49. The standard InChI is InChI=1S/C15H14FN3OS/c1-18(7-6-11-2-4-12(16)5-3-11)15(20)13-9-21-14-8-17-10-19(13)14/h2-5,8-10H,6-7H2,1H3. The number of carbonyl (C=O) groups excluding carboxylic acids is 1. The van der Waals surface area contributed by atoms with E-state index < -0.39 is 0 Å². The number of amides is 1. The normalized spacial score (nSPS) is 11.0. The quantitative estimate of drug-likeness (QED) is 0.743. The highest BCUT2D eigenvalue weighted by Gasteiger charge is 2.16. The van der Waals surface area contributed by atoms with Crippen LogP contribution >= 0.6 is 11.3 Å². The second-order valence-corrected chi connectivity index (χ2v) is 5.72. The molecule has 1 aromatic carbocycles. The first kappa shape index (κ1) is 13.8. The van der Waals surface area contributed by atoms with Crippen molar-refractivity contribution >= 4 is 22.1 Å². The van der Waals surface area contributed by atoms with E-state index in [0.717, 1.165) is 10.4 Å². The summed E-state index contributed by atoms with van der Waals surface area (Å²) in [6, 6.07) is 6.36. The first-order chi connectivity index (χ1) is 10.1. The maximum atomic E-state index is 12.8. The summed E-state index contributed by atoms with van der Waals surface area (Å²) in [5.74, 6) is -0.287. The van der Waals surface area contributed by atoms with Crippen LogP contribution in [0.25, 0.3) is 4.83 Å². The molecule has 0 aliphatic carbocycles. The number of hydrogen-bond acceptors (Lipinski definition) is 3. The van der Waals surface area contributed by atoms with Crippen LogP contribution in [-0.2, 0) is 6.42 Å². The van der Waals surface area contributed by atoms with Gasteiger partial charge in [0.05, 0.1) is 6.20 Å². The summed E-state index contributed by atoms with van der Waals surface area (Å²) in [5.41, 5.74) is 1.63. The molecule has 0 atom stereocenters. The second-order valence-electron chi connectivity index (χ2n) is 4.83. The van der Waals surface area contributed by atoms with E-state index in [4.69, 9.17) is 0 Å². The number of halogens is 1. The summed E-state index contributed by atoms with van der Waals surface area (Å²) in [4.78, 5) is 19.1. The Kier molecular flexibility index (Phi) is 3.70. The van der Waals surface area contributed by atoms with Crippen LogP contribution in [0.5, 0.6) is 0 Å². The molecule has 108 valence electrons. The summed E-state index contributed by atoms with van der Waals surface area (Å²) in [6.45, 7) is 0.580. The summed E-state index contributed by atoms with van der Waals surface area (Å²) in [6.07, 6.45) is 4.08. The lowest BCUT2D eigenvalue weighted by Gasteiger charge is -2.16. The van der Waals surface area contributed by atoms with Crippen LogP contribution in [0, 0.1) is 5.82 Å². The van der Waals surface area contributed by atoms with Gasteiger partial charge in [0.1, 0.15) is 22.7 Å². The topological polar surface area (TPSA) is 37.6 Å². The molecule has 3 aromatic rings. The Morgan fingerprint density at radius 2 is 2.14 bits per heavy atom. The van der Waals surface area contributed by atoms with E-state index in [1.165, 1.54) is 23.5 Å². The lowest BCUT2D eigenvalue weighted by atomic mass is 10.1. The summed E-state index contributed by atoms with van der Waals surface area (Å²) in [7, 11) is 1.77. The predicted molar refractivity (Wildman–Crippen MR) is 80.1 cm³/mol. The highest BCUT2D eigenvalue weighted by Crippen LogP contribution is 2.17. The Balaban J connectivity index is 1.67. The number of carbonyl (C=O) groups is 1. The van der Waals surface area contributed by atoms with Crippen molar-refractivity contribution in [3.05, 3.63) is 59.2 Å². The number of imidazole rings is 1. The number of thiazole rings is 1. The van der Waals surface area contributed by atoms with Gasteiger partial charge in [0.25, 0.3) is 5.91 Å². The molecular formula is C15H14FN3OS. The molecule has 0 fully saturated rings. The second kappa shape index (κ2) is 5.65. The van der Waals surface area contributed by atoms with E-state index in [2.05, 4.69) is 4.98 Å². The molecule has 0 aliphatic rings. The fraction of sp³-hybridized carbons (Fsp3) is 0.200. The molecule has 6 heteroatoms. The average molecular weight is 303 g/mol. The smallest absolute Gasteiger partial charge is 0.271 e. The van der Waals surface area contributed by atoms with E-state index in [1.54, 1.807) is 41.0 Å². The van der Waals surface area contributed by atoms with Gasteiger partial charge in [0, 0.05) is 19.0 Å². The van der Waals surface area contributed by atoms with E-state index in [1.807, 2.05) is 5.38 Å². The number of aromatic nitrogens is 2. The molecule has 2 aromatic heterocycles. The first-order valence-corrected chi connectivity index (χ1v) is 7.42. The van der Waals surface area contributed by atoms with Crippen LogP contribution in [0.2, 0.25) is 0 Å². The highest BCUT2D eigenvalue weighted by molar-refractivity contribution is 7.15. The van der Waals surface area contributed by atoms with Crippen molar-refractivity contribution < 1.29 is 9.18 Å². The van der Waals surface area contributed by atoms with Gasteiger partial charge in [-0.15, -0.1) is 11.3 Å². The Bertz CT molecular complexity index is 763. The minimum atomic E-state index is -0.246. The fourth-order valence-corrected chi connectivity index (χ4v) is 2.95. The molecule has 2 heterocycles. The van der Waals surface area contributed by atoms with E-state index in [9.17, 15) is 9.18 Å². The SMILES string of the molecule is CN(CCc1ccc(F)cc1)C(=O)c1csc2cncn12. The zero-order chi connectivity index (χ0) is 14.8. The van der Waals surface area contributed by atoms with Crippen LogP contribution in [0.15, 0.2) is 42.2 Å². The van der Waals surface area contributed by atoms with Gasteiger partial charge in [0.2, 0.25) is 0 Å². The number of hydrogen-bond donors (Lipinski definition) is 0. The molecule has 0 saturated heterocycles. The van der Waals surface area contributed by atoms with Crippen LogP contribution in [0.1, 0.15) is 16.1 Å². The number of benzene rings is 1. The van der Waals surface area contributed by atoms with Crippen LogP contribution < -0.4 is 0 Å². The molecule has 3 rings (SSSR count). The van der Waals surface area contributed by atoms with Crippen molar-refractivity contribution in [3.63, 3.8) is 0 Å². The Labute approximate surface area is 125 Å². The van der Waals surface area contributed by atoms with Crippen LogP contribution in [-0.4, -0.2) is 33.8 Å². The van der Waals surface area contributed by atoms with Crippen molar-refractivity contribution in [1.82, 2.24) is 14.3 Å². The minimum absolute atomic E-state index is 0.0404. The van der Waals surface area contributed by atoms with Crippen molar-refractivity contribution in [2.45, 2.75) is 6.42 Å². The largest absolute Gasteiger partial charge is 0.340 e. The van der Waals surface area contributed by atoms with Gasteiger partial charge >= 0.3 is 0 Å². The number of likely N-dealkylation sites (N-methyl/N-ethyl adjacent to an activating group) is 1. The third-order valence-electron chi connectivity index (χ3n) is 3.37. The lowest BCUT2D eigenvalue weighted by Crippen LogP contribution is -2.29. The van der Waals surface area contributed by atoms with Gasteiger partial charge in [-0.2, -0.15) is 0 Å². The van der Waals surface area contributed by atoms with Gasteiger partial charge in [0.15, 0.2) is 0 Å². The molecule has 0 spiro atoms. The molecule has 0 radical (unpaired) electrons. The Morgan fingerprint density at radius 1 is 1.38 bits per heavy atom. The Morgan fingerprint density at radius 3 is 2.90 bits per heavy atom.